The second kappa shape index (κ2) is 6.75. The predicted molar refractivity (Wildman–Crippen MR) is 63.0 cm³/mol. The van der Waals surface area contributed by atoms with Crippen LogP contribution in [0.2, 0.25) is 0 Å². The van der Waals surface area contributed by atoms with Gasteiger partial charge < -0.3 is 19.9 Å². The normalized spacial score (nSPS) is 9.82. The quantitative estimate of drug-likeness (QED) is 0.752. The van der Waals surface area contributed by atoms with Crippen LogP contribution < -0.4 is 15.2 Å². The fourth-order valence-electron chi connectivity index (χ4n) is 1.30. The van der Waals surface area contributed by atoms with Crippen molar-refractivity contribution in [1.82, 2.24) is 0 Å². The maximum absolute atomic E-state index is 11.1. The molecule has 0 saturated carbocycles. The number of carbonyl (C=O) groups excluding carboxylic acids is 1. The maximum atomic E-state index is 11.1. The van der Waals surface area contributed by atoms with Gasteiger partial charge in [0.25, 0.3) is 0 Å². The van der Waals surface area contributed by atoms with E-state index < -0.39 is 5.97 Å². The van der Waals surface area contributed by atoms with Crippen LogP contribution in [0.25, 0.3) is 0 Å². The predicted octanol–water partition coefficient (Wildman–Crippen LogP) is 1.10. The number of carbonyl (C=O) groups is 1. The Morgan fingerprint density at radius 2 is 2.12 bits per heavy atom. The van der Waals surface area contributed by atoms with Crippen LogP contribution in [-0.2, 0) is 16.1 Å². The molecule has 0 bridgehead atoms. The molecule has 0 spiro atoms. The highest BCUT2D eigenvalue weighted by Crippen LogP contribution is 2.27. The molecule has 0 aliphatic rings. The number of methoxy groups -OCH3 is 1. The number of hydrogen-bond acceptors (Lipinski definition) is 5. The van der Waals surface area contributed by atoms with Crippen LogP contribution >= 0.6 is 0 Å². The molecule has 5 nitrogen and oxygen atoms in total. The number of hydrogen-bond donors (Lipinski definition) is 1. The number of rotatable bonds is 6. The summed E-state index contributed by atoms with van der Waals surface area (Å²) in [5.74, 6) is 0.646. The standard InChI is InChI=1S/C12H17NO4/c1-3-16-12(14)8-17-10-5-4-9(7-13)6-11(10)15-2/h4-6H,3,7-8,13H2,1-2H3. The highest BCUT2D eigenvalue weighted by atomic mass is 16.6. The van der Waals surface area contributed by atoms with Crippen molar-refractivity contribution >= 4 is 5.97 Å². The molecular formula is C12H17NO4. The fraction of sp³-hybridized carbons (Fsp3) is 0.417. The van der Waals surface area contributed by atoms with Crippen molar-refractivity contribution in [2.24, 2.45) is 5.73 Å². The largest absolute Gasteiger partial charge is 0.493 e. The summed E-state index contributed by atoms with van der Waals surface area (Å²) in [6.07, 6.45) is 0. The van der Waals surface area contributed by atoms with Crippen molar-refractivity contribution in [3.05, 3.63) is 23.8 Å². The van der Waals surface area contributed by atoms with Crippen LogP contribution in [0.3, 0.4) is 0 Å². The van der Waals surface area contributed by atoms with Gasteiger partial charge in [0.2, 0.25) is 0 Å². The second-order valence-corrected chi connectivity index (χ2v) is 3.28. The molecular weight excluding hydrogens is 222 g/mol. The van der Waals surface area contributed by atoms with Gasteiger partial charge in [0.15, 0.2) is 18.1 Å². The van der Waals surface area contributed by atoms with E-state index in [1.807, 2.05) is 6.07 Å². The van der Waals surface area contributed by atoms with Gasteiger partial charge in [-0.2, -0.15) is 0 Å². The zero-order valence-electron chi connectivity index (χ0n) is 10.1. The monoisotopic (exact) mass is 239 g/mol. The molecule has 1 rings (SSSR count). The van der Waals surface area contributed by atoms with E-state index in [0.29, 0.717) is 24.7 Å². The molecule has 0 aliphatic heterocycles. The molecule has 0 radical (unpaired) electrons. The van der Waals surface area contributed by atoms with E-state index in [0.717, 1.165) is 5.56 Å². The van der Waals surface area contributed by atoms with Crippen molar-refractivity contribution in [2.45, 2.75) is 13.5 Å². The Morgan fingerprint density at radius 1 is 1.35 bits per heavy atom. The van der Waals surface area contributed by atoms with Crippen molar-refractivity contribution in [3.63, 3.8) is 0 Å². The van der Waals surface area contributed by atoms with E-state index in [-0.39, 0.29) is 6.61 Å². The van der Waals surface area contributed by atoms with Gasteiger partial charge in [-0.25, -0.2) is 4.79 Å². The summed E-state index contributed by atoms with van der Waals surface area (Å²) < 4.78 is 15.2. The Hall–Kier alpha value is -1.75. The van der Waals surface area contributed by atoms with E-state index in [1.165, 1.54) is 7.11 Å². The molecule has 0 aromatic heterocycles. The molecule has 2 N–H and O–H groups in total. The van der Waals surface area contributed by atoms with Crippen molar-refractivity contribution in [1.29, 1.82) is 0 Å². The molecule has 94 valence electrons. The smallest absolute Gasteiger partial charge is 0.344 e. The van der Waals surface area contributed by atoms with Crippen LogP contribution in [0, 0.1) is 0 Å². The Kier molecular flexibility index (Phi) is 5.29. The third kappa shape index (κ3) is 3.96. The van der Waals surface area contributed by atoms with Gasteiger partial charge in [0.05, 0.1) is 13.7 Å². The lowest BCUT2D eigenvalue weighted by molar-refractivity contribution is -0.145. The first-order valence-corrected chi connectivity index (χ1v) is 5.36. The fourth-order valence-corrected chi connectivity index (χ4v) is 1.30. The van der Waals surface area contributed by atoms with E-state index in [2.05, 4.69) is 0 Å². The molecule has 1 aromatic rings. The van der Waals surface area contributed by atoms with Crippen molar-refractivity contribution in [2.75, 3.05) is 20.3 Å². The summed E-state index contributed by atoms with van der Waals surface area (Å²) in [4.78, 5) is 11.1. The third-order valence-corrected chi connectivity index (χ3v) is 2.11. The molecule has 0 saturated heterocycles. The Morgan fingerprint density at radius 3 is 2.71 bits per heavy atom. The third-order valence-electron chi connectivity index (χ3n) is 2.11. The minimum absolute atomic E-state index is 0.133. The van der Waals surface area contributed by atoms with E-state index in [9.17, 15) is 4.79 Å². The lowest BCUT2D eigenvalue weighted by Gasteiger charge is -2.11. The average molecular weight is 239 g/mol. The van der Waals surface area contributed by atoms with E-state index >= 15 is 0 Å². The molecule has 0 atom stereocenters. The second-order valence-electron chi connectivity index (χ2n) is 3.28. The van der Waals surface area contributed by atoms with Crippen molar-refractivity contribution < 1.29 is 19.0 Å². The number of ether oxygens (including phenoxy) is 3. The number of nitrogens with two attached hydrogens (primary N) is 1. The number of benzene rings is 1. The van der Waals surface area contributed by atoms with E-state index in [1.54, 1.807) is 19.1 Å². The lowest BCUT2D eigenvalue weighted by atomic mass is 10.2. The Bertz CT molecular complexity index is 379. The molecule has 0 fully saturated rings. The van der Waals surface area contributed by atoms with Crippen LogP contribution in [0.4, 0.5) is 0 Å². The Balaban J connectivity index is 2.67. The maximum Gasteiger partial charge on any atom is 0.344 e. The van der Waals surface area contributed by atoms with Gasteiger partial charge in [-0.05, 0) is 24.6 Å². The highest BCUT2D eigenvalue weighted by Gasteiger charge is 2.08. The molecule has 17 heavy (non-hydrogen) atoms. The first-order valence-electron chi connectivity index (χ1n) is 5.36. The summed E-state index contributed by atoms with van der Waals surface area (Å²) >= 11 is 0. The summed E-state index contributed by atoms with van der Waals surface area (Å²) in [6, 6.07) is 5.32. The first kappa shape index (κ1) is 13.3. The molecule has 0 unspecified atom stereocenters. The van der Waals surface area contributed by atoms with Gasteiger partial charge in [-0.1, -0.05) is 6.07 Å². The molecule has 0 aliphatic carbocycles. The lowest BCUT2D eigenvalue weighted by Crippen LogP contribution is -2.15. The summed E-state index contributed by atoms with van der Waals surface area (Å²) in [5.41, 5.74) is 6.45. The minimum Gasteiger partial charge on any atom is -0.493 e. The summed E-state index contributed by atoms with van der Waals surface area (Å²) in [5, 5.41) is 0. The van der Waals surface area contributed by atoms with Crippen LogP contribution in [0.1, 0.15) is 12.5 Å². The van der Waals surface area contributed by atoms with Crippen LogP contribution in [0.5, 0.6) is 11.5 Å². The zero-order chi connectivity index (χ0) is 12.7. The topological polar surface area (TPSA) is 70.8 Å². The highest BCUT2D eigenvalue weighted by molar-refractivity contribution is 5.71. The van der Waals surface area contributed by atoms with E-state index in [4.69, 9.17) is 19.9 Å². The summed E-state index contributed by atoms with van der Waals surface area (Å²) in [7, 11) is 1.53. The van der Waals surface area contributed by atoms with Crippen molar-refractivity contribution in [3.8, 4) is 11.5 Å². The van der Waals surface area contributed by atoms with Crippen LogP contribution in [-0.4, -0.2) is 26.3 Å². The van der Waals surface area contributed by atoms with Gasteiger partial charge >= 0.3 is 5.97 Å². The molecule has 1 aromatic carbocycles. The van der Waals surface area contributed by atoms with Gasteiger partial charge in [-0.15, -0.1) is 0 Å². The minimum atomic E-state index is -0.405. The average Bonchev–Trinajstić information content (AvgIpc) is 2.36. The zero-order valence-corrected chi connectivity index (χ0v) is 10.1. The van der Waals surface area contributed by atoms with Gasteiger partial charge in [-0.3, -0.25) is 0 Å². The SMILES string of the molecule is CCOC(=O)COc1ccc(CN)cc1OC. The summed E-state index contributed by atoms with van der Waals surface area (Å²) in [6.45, 7) is 2.38. The van der Waals surface area contributed by atoms with Gasteiger partial charge in [0, 0.05) is 6.54 Å². The van der Waals surface area contributed by atoms with Gasteiger partial charge in [0.1, 0.15) is 0 Å². The van der Waals surface area contributed by atoms with Crippen LogP contribution in [0.15, 0.2) is 18.2 Å². The number of esters is 1. The molecule has 0 heterocycles. The Labute approximate surface area is 100 Å². The molecule has 0 amide bonds. The molecule has 5 heteroatoms. The first-order chi connectivity index (χ1) is 8.21.